The van der Waals surface area contributed by atoms with Gasteiger partial charge in [-0.1, -0.05) is 41.4 Å². The average molecular weight is 340 g/mol. The molecule has 1 heterocycles. The molecule has 0 bridgehead atoms. The number of ether oxygens (including phenoxy) is 1. The molecule has 1 aliphatic rings. The molecule has 0 fully saturated rings. The molecule has 3 rings (SSSR count). The van der Waals surface area contributed by atoms with E-state index in [4.69, 9.17) is 27.9 Å². The molecule has 1 aliphatic heterocycles. The molecule has 1 amide bonds. The topological polar surface area (TPSA) is 38.3 Å². The van der Waals surface area contributed by atoms with Crippen LogP contribution in [-0.2, 0) is 0 Å². The third kappa shape index (κ3) is 2.89. The fraction of sp³-hybridized carbons (Fsp3) is 0.188. The Bertz CT molecular complexity index is 736. The van der Waals surface area contributed by atoms with Crippen molar-refractivity contribution in [3.8, 4) is 5.75 Å². The SMILES string of the molecule is O=C(N[C@@H]1CCOc2ccccc21)c1cc(F)c(Cl)cc1Cl. The quantitative estimate of drug-likeness (QED) is 0.824. The van der Waals surface area contributed by atoms with Crippen LogP contribution in [0.5, 0.6) is 5.75 Å². The zero-order valence-electron chi connectivity index (χ0n) is 11.4. The van der Waals surface area contributed by atoms with E-state index in [1.165, 1.54) is 6.07 Å². The zero-order valence-corrected chi connectivity index (χ0v) is 12.9. The summed E-state index contributed by atoms with van der Waals surface area (Å²) in [6.07, 6.45) is 0.635. The molecule has 2 aromatic carbocycles. The largest absolute Gasteiger partial charge is 0.493 e. The summed E-state index contributed by atoms with van der Waals surface area (Å²) in [5.74, 6) is -0.377. The van der Waals surface area contributed by atoms with Crippen LogP contribution in [-0.4, -0.2) is 12.5 Å². The first-order valence-corrected chi connectivity index (χ1v) is 7.49. The Hall–Kier alpha value is -1.78. The van der Waals surface area contributed by atoms with Crippen LogP contribution in [0.2, 0.25) is 10.0 Å². The Balaban J connectivity index is 1.85. The van der Waals surface area contributed by atoms with E-state index in [9.17, 15) is 9.18 Å². The lowest BCUT2D eigenvalue weighted by atomic mass is 10.00. The molecule has 0 saturated carbocycles. The molecular weight excluding hydrogens is 328 g/mol. The minimum absolute atomic E-state index is 0.0625. The van der Waals surface area contributed by atoms with Crippen LogP contribution in [0.15, 0.2) is 36.4 Å². The summed E-state index contributed by atoms with van der Waals surface area (Å²) in [6, 6.07) is 9.56. The molecule has 1 atom stereocenters. The second-order valence-electron chi connectivity index (χ2n) is 4.95. The van der Waals surface area contributed by atoms with E-state index < -0.39 is 11.7 Å². The van der Waals surface area contributed by atoms with Gasteiger partial charge in [0.1, 0.15) is 11.6 Å². The number of nitrogens with one attached hydrogen (secondary N) is 1. The number of para-hydroxylation sites is 1. The van der Waals surface area contributed by atoms with Gasteiger partial charge in [-0.05, 0) is 18.2 Å². The number of carbonyl (C=O) groups excluding carboxylic acids is 1. The molecule has 22 heavy (non-hydrogen) atoms. The van der Waals surface area contributed by atoms with Crippen LogP contribution in [0, 0.1) is 5.82 Å². The van der Waals surface area contributed by atoms with Crippen molar-refractivity contribution in [3.05, 3.63) is 63.4 Å². The summed E-state index contributed by atoms with van der Waals surface area (Å²) >= 11 is 11.6. The lowest BCUT2D eigenvalue weighted by Crippen LogP contribution is -2.32. The minimum Gasteiger partial charge on any atom is -0.493 e. The van der Waals surface area contributed by atoms with Gasteiger partial charge in [-0.25, -0.2) is 4.39 Å². The number of carbonyl (C=O) groups is 1. The van der Waals surface area contributed by atoms with Crippen LogP contribution >= 0.6 is 23.2 Å². The fourth-order valence-corrected chi connectivity index (χ4v) is 2.89. The molecule has 2 aromatic rings. The van der Waals surface area contributed by atoms with Crippen molar-refractivity contribution in [1.29, 1.82) is 0 Å². The van der Waals surface area contributed by atoms with Crippen LogP contribution in [0.4, 0.5) is 4.39 Å². The summed E-state index contributed by atoms with van der Waals surface area (Å²) in [5, 5.41) is 2.87. The molecule has 3 nitrogen and oxygen atoms in total. The standard InChI is InChI=1S/C16H12Cl2FNO2/c17-11-8-12(18)13(19)7-10(11)16(21)20-14-5-6-22-15-4-2-1-3-9(14)15/h1-4,7-8,14H,5-6H2,(H,20,21)/t14-/m1/s1. The summed E-state index contributed by atoms with van der Waals surface area (Å²) in [5.41, 5.74) is 0.959. The number of hydrogen-bond acceptors (Lipinski definition) is 2. The Labute approximate surface area is 137 Å². The maximum atomic E-state index is 13.5. The summed E-state index contributed by atoms with van der Waals surface area (Å²) in [6.45, 7) is 0.505. The van der Waals surface area contributed by atoms with Crippen LogP contribution in [0.3, 0.4) is 0 Å². The van der Waals surface area contributed by atoms with Crippen molar-refractivity contribution in [3.63, 3.8) is 0 Å². The maximum Gasteiger partial charge on any atom is 0.253 e. The van der Waals surface area contributed by atoms with Gasteiger partial charge in [0.05, 0.1) is 28.3 Å². The first-order chi connectivity index (χ1) is 10.6. The third-order valence-corrected chi connectivity index (χ3v) is 4.12. The number of hydrogen-bond donors (Lipinski definition) is 1. The highest BCUT2D eigenvalue weighted by atomic mass is 35.5. The lowest BCUT2D eigenvalue weighted by Gasteiger charge is -2.26. The van der Waals surface area contributed by atoms with Crippen LogP contribution < -0.4 is 10.1 Å². The smallest absolute Gasteiger partial charge is 0.253 e. The summed E-state index contributed by atoms with van der Waals surface area (Å²) in [7, 11) is 0. The second kappa shape index (κ2) is 6.15. The Morgan fingerprint density at radius 2 is 2.00 bits per heavy atom. The second-order valence-corrected chi connectivity index (χ2v) is 5.76. The highest BCUT2D eigenvalue weighted by Gasteiger charge is 2.24. The van der Waals surface area contributed by atoms with Crippen LogP contribution in [0.25, 0.3) is 0 Å². The van der Waals surface area contributed by atoms with Crippen molar-refractivity contribution in [1.82, 2.24) is 5.32 Å². The van der Waals surface area contributed by atoms with Gasteiger partial charge in [0.15, 0.2) is 0 Å². The predicted octanol–water partition coefficient (Wildman–Crippen LogP) is 4.39. The van der Waals surface area contributed by atoms with Gasteiger partial charge in [-0.15, -0.1) is 0 Å². The molecule has 6 heteroatoms. The van der Waals surface area contributed by atoms with E-state index in [1.807, 2.05) is 24.3 Å². The number of benzene rings is 2. The highest BCUT2D eigenvalue weighted by Crippen LogP contribution is 2.32. The Morgan fingerprint density at radius 3 is 2.82 bits per heavy atom. The molecule has 0 spiro atoms. The molecular formula is C16H12Cl2FNO2. The lowest BCUT2D eigenvalue weighted by molar-refractivity contribution is 0.0924. The molecule has 0 aliphatic carbocycles. The summed E-state index contributed by atoms with van der Waals surface area (Å²) in [4.78, 5) is 12.4. The molecule has 0 saturated heterocycles. The van der Waals surface area contributed by atoms with Gasteiger partial charge < -0.3 is 10.1 Å². The minimum atomic E-state index is -0.677. The van der Waals surface area contributed by atoms with Crippen molar-refractivity contribution in [2.24, 2.45) is 0 Å². The van der Waals surface area contributed by atoms with E-state index in [0.717, 1.165) is 17.4 Å². The molecule has 1 N–H and O–H groups in total. The van der Waals surface area contributed by atoms with Crippen molar-refractivity contribution in [2.75, 3.05) is 6.61 Å². The van der Waals surface area contributed by atoms with E-state index in [0.29, 0.717) is 13.0 Å². The number of halogens is 3. The van der Waals surface area contributed by atoms with Gasteiger partial charge in [0, 0.05) is 12.0 Å². The van der Waals surface area contributed by atoms with Gasteiger partial charge in [0.25, 0.3) is 5.91 Å². The van der Waals surface area contributed by atoms with Gasteiger partial charge >= 0.3 is 0 Å². The molecule has 0 aromatic heterocycles. The number of fused-ring (bicyclic) bond motifs is 1. The average Bonchev–Trinajstić information content (AvgIpc) is 2.51. The highest BCUT2D eigenvalue weighted by molar-refractivity contribution is 6.36. The van der Waals surface area contributed by atoms with E-state index in [-0.39, 0.29) is 21.7 Å². The van der Waals surface area contributed by atoms with Crippen molar-refractivity contribution < 1.29 is 13.9 Å². The van der Waals surface area contributed by atoms with E-state index in [2.05, 4.69) is 5.32 Å². The maximum absolute atomic E-state index is 13.5. The first-order valence-electron chi connectivity index (χ1n) is 6.73. The van der Waals surface area contributed by atoms with Gasteiger partial charge in [0.2, 0.25) is 0 Å². The Kier molecular flexibility index (Phi) is 4.23. The van der Waals surface area contributed by atoms with Crippen molar-refractivity contribution >= 4 is 29.1 Å². The van der Waals surface area contributed by atoms with Crippen molar-refractivity contribution in [2.45, 2.75) is 12.5 Å². The molecule has 0 radical (unpaired) electrons. The third-order valence-electron chi connectivity index (χ3n) is 3.52. The van der Waals surface area contributed by atoms with Gasteiger partial charge in [-0.3, -0.25) is 4.79 Å². The van der Waals surface area contributed by atoms with E-state index >= 15 is 0 Å². The monoisotopic (exact) mass is 339 g/mol. The number of amides is 1. The zero-order chi connectivity index (χ0) is 15.7. The normalized spacial score (nSPS) is 16.6. The Morgan fingerprint density at radius 1 is 1.23 bits per heavy atom. The van der Waals surface area contributed by atoms with Gasteiger partial charge in [-0.2, -0.15) is 0 Å². The predicted molar refractivity (Wildman–Crippen MR) is 83.2 cm³/mol. The van der Waals surface area contributed by atoms with Crippen LogP contribution in [0.1, 0.15) is 28.4 Å². The first kappa shape index (κ1) is 15.1. The molecule has 0 unspecified atom stereocenters. The fourth-order valence-electron chi connectivity index (χ4n) is 2.42. The van der Waals surface area contributed by atoms with E-state index in [1.54, 1.807) is 0 Å². The molecule has 114 valence electrons. The number of rotatable bonds is 2. The summed E-state index contributed by atoms with van der Waals surface area (Å²) < 4.78 is 19.1.